The van der Waals surface area contributed by atoms with Gasteiger partial charge in [-0.3, -0.25) is 9.69 Å². The molecule has 1 fully saturated rings. The van der Waals surface area contributed by atoms with E-state index in [1.54, 1.807) is 30.5 Å². The first-order chi connectivity index (χ1) is 17.9. The molecule has 2 N–H and O–H groups in total. The van der Waals surface area contributed by atoms with Gasteiger partial charge >= 0.3 is 0 Å². The summed E-state index contributed by atoms with van der Waals surface area (Å²) >= 11 is 1.45. The number of hydrogen-bond donors (Lipinski definition) is 2. The summed E-state index contributed by atoms with van der Waals surface area (Å²) in [5.74, 6) is 0.942. The van der Waals surface area contributed by atoms with Crippen LogP contribution in [0.1, 0.15) is 41.4 Å². The molecule has 11 heteroatoms. The second-order valence-corrected chi connectivity index (χ2v) is 9.92. The van der Waals surface area contributed by atoms with E-state index in [0.717, 1.165) is 37.2 Å². The lowest BCUT2D eigenvalue weighted by Crippen LogP contribution is -2.50. The third-order valence-corrected chi connectivity index (χ3v) is 7.34. The van der Waals surface area contributed by atoms with Crippen molar-refractivity contribution in [1.29, 1.82) is 0 Å². The number of carbonyl (C=O) groups excluding carboxylic acids is 1. The maximum Gasteiger partial charge on any atom is 0.254 e. The standard InChI is InChI=1S/C26H30FN7O2S/c1-16-10-20(7-9-34(16)25(35)17-6-8-28-24(11-17)32-37-3)33-14-18-13-29-26(31-22(18)15-33)30-19-4-5-21(27)23(12-19)36-2/h4-6,8,11-13,16,20H,7,9-10,14-15H2,1-3H3,(H,28,32)(H,29,30,31)/t16-,20-/m1/s1. The van der Waals surface area contributed by atoms with Crippen LogP contribution in [0.5, 0.6) is 5.75 Å². The number of pyridine rings is 1. The summed E-state index contributed by atoms with van der Waals surface area (Å²) in [6.45, 7) is 4.35. The molecule has 0 bridgehead atoms. The molecular formula is C26H30FN7O2S. The number of halogens is 1. The van der Waals surface area contributed by atoms with Crippen molar-refractivity contribution in [1.82, 2.24) is 24.8 Å². The zero-order chi connectivity index (χ0) is 25.9. The van der Waals surface area contributed by atoms with E-state index < -0.39 is 5.82 Å². The normalized spacial score (nSPS) is 19.4. The first-order valence-corrected chi connectivity index (χ1v) is 13.4. The summed E-state index contributed by atoms with van der Waals surface area (Å²) in [7, 11) is 1.43. The molecule has 37 heavy (non-hydrogen) atoms. The number of rotatable bonds is 7. The molecule has 3 aromatic rings. The Bertz CT molecular complexity index is 1290. The quantitative estimate of drug-likeness (QED) is 0.435. The van der Waals surface area contributed by atoms with Gasteiger partial charge in [-0.25, -0.2) is 19.3 Å². The number of hydrogen-bond acceptors (Lipinski definition) is 9. The van der Waals surface area contributed by atoms with Crippen molar-refractivity contribution in [2.75, 3.05) is 29.9 Å². The Labute approximate surface area is 220 Å². The minimum Gasteiger partial charge on any atom is -0.494 e. The Hall–Kier alpha value is -3.44. The van der Waals surface area contributed by atoms with Crippen LogP contribution < -0.4 is 14.8 Å². The lowest BCUT2D eigenvalue weighted by molar-refractivity contribution is 0.0460. The molecular weight excluding hydrogens is 493 g/mol. The molecule has 4 heterocycles. The fourth-order valence-electron chi connectivity index (χ4n) is 5.03. The van der Waals surface area contributed by atoms with Crippen LogP contribution >= 0.6 is 11.9 Å². The van der Waals surface area contributed by atoms with E-state index in [1.807, 2.05) is 17.4 Å². The van der Waals surface area contributed by atoms with Crippen LogP contribution in [0.4, 0.5) is 21.8 Å². The van der Waals surface area contributed by atoms with Crippen LogP contribution in [0.2, 0.25) is 0 Å². The monoisotopic (exact) mass is 523 g/mol. The Morgan fingerprint density at radius 3 is 2.86 bits per heavy atom. The van der Waals surface area contributed by atoms with Gasteiger partial charge in [0.25, 0.3) is 5.91 Å². The van der Waals surface area contributed by atoms with E-state index in [4.69, 9.17) is 9.72 Å². The highest BCUT2D eigenvalue weighted by Gasteiger charge is 2.35. The van der Waals surface area contributed by atoms with Gasteiger partial charge in [-0.15, -0.1) is 0 Å². The third-order valence-electron chi connectivity index (χ3n) is 6.93. The number of aromatic nitrogens is 3. The van der Waals surface area contributed by atoms with Gasteiger partial charge in [-0.2, -0.15) is 0 Å². The molecule has 0 radical (unpaired) electrons. The van der Waals surface area contributed by atoms with Gasteiger partial charge in [0.15, 0.2) is 11.6 Å². The van der Waals surface area contributed by atoms with Gasteiger partial charge in [0.1, 0.15) is 5.82 Å². The van der Waals surface area contributed by atoms with Crippen LogP contribution in [0, 0.1) is 5.82 Å². The van der Waals surface area contributed by atoms with Gasteiger partial charge < -0.3 is 19.7 Å². The average molecular weight is 524 g/mol. The lowest BCUT2D eigenvalue weighted by atomic mass is 9.96. The molecule has 0 aliphatic carbocycles. The molecule has 2 aliphatic rings. The number of likely N-dealkylation sites (tertiary alicyclic amines) is 1. The Morgan fingerprint density at radius 1 is 1.22 bits per heavy atom. The predicted molar refractivity (Wildman–Crippen MR) is 142 cm³/mol. The predicted octanol–water partition coefficient (Wildman–Crippen LogP) is 4.46. The van der Waals surface area contributed by atoms with Gasteiger partial charge in [0.05, 0.1) is 12.8 Å². The first kappa shape index (κ1) is 25.2. The number of carbonyl (C=O) groups is 1. The maximum absolute atomic E-state index is 13.7. The Kier molecular flexibility index (Phi) is 7.43. The summed E-state index contributed by atoms with van der Waals surface area (Å²) in [4.78, 5) is 31.0. The van der Waals surface area contributed by atoms with Gasteiger partial charge in [0.2, 0.25) is 5.95 Å². The van der Waals surface area contributed by atoms with E-state index in [-0.39, 0.29) is 17.7 Å². The van der Waals surface area contributed by atoms with Gasteiger partial charge in [-0.1, -0.05) is 11.9 Å². The molecule has 2 aromatic heterocycles. The molecule has 0 saturated carbocycles. The van der Waals surface area contributed by atoms with E-state index in [0.29, 0.717) is 35.6 Å². The van der Waals surface area contributed by atoms with Crippen LogP contribution in [-0.2, 0) is 13.1 Å². The van der Waals surface area contributed by atoms with Crippen LogP contribution in [-0.4, -0.2) is 62.7 Å². The highest BCUT2D eigenvalue weighted by Crippen LogP contribution is 2.31. The minimum absolute atomic E-state index is 0.0428. The third kappa shape index (κ3) is 5.47. The summed E-state index contributed by atoms with van der Waals surface area (Å²) < 4.78 is 21.9. The fraction of sp³-hybridized carbons (Fsp3) is 0.385. The Morgan fingerprint density at radius 2 is 2.08 bits per heavy atom. The molecule has 9 nitrogen and oxygen atoms in total. The summed E-state index contributed by atoms with van der Waals surface area (Å²) in [5.41, 5.74) is 3.41. The van der Waals surface area contributed by atoms with Crippen molar-refractivity contribution >= 4 is 35.3 Å². The highest BCUT2D eigenvalue weighted by molar-refractivity contribution is 7.99. The van der Waals surface area contributed by atoms with E-state index in [9.17, 15) is 9.18 Å². The zero-order valence-electron chi connectivity index (χ0n) is 21.1. The topological polar surface area (TPSA) is 95.5 Å². The minimum atomic E-state index is -0.418. The number of ether oxygens (including phenoxy) is 1. The number of amides is 1. The molecule has 2 atom stereocenters. The number of nitrogens with one attached hydrogen (secondary N) is 2. The second-order valence-electron chi connectivity index (χ2n) is 9.31. The lowest BCUT2D eigenvalue weighted by Gasteiger charge is -2.41. The molecule has 0 spiro atoms. The molecule has 194 valence electrons. The summed E-state index contributed by atoms with van der Waals surface area (Å²) in [6.07, 6.45) is 7.25. The second kappa shape index (κ2) is 10.9. The van der Waals surface area contributed by atoms with Crippen LogP contribution in [0.3, 0.4) is 0 Å². The number of methoxy groups -OCH3 is 1. The van der Waals surface area contributed by atoms with E-state index in [2.05, 4.69) is 31.8 Å². The molecule has 1 saturated heterocycles. The van der Waals surface area contributed by atoms with E-state index in [1.165, 1.54) is 25.1 Å². The highest BCUT2D eigenvalue weighted by atomic mass is 32.2. The number of anilines is 3. The number of piperidine rings is 1. The molecule has 1 aromatic carbocycles. The number of fused-ring (bicyclic) bond motifs is 1. The molecule has 0 unspecified atom stereocenters. The number of benzene rings is 1. The van der Waals surface area contributed by atoms with Crippen molar-refractivity contribution < 1.29 is 13.9 Å². The van der Waals surface area contributed by atoms with Crippen molar-refractivity contribution in [2.24, 2.45) is 0 Å². The molecule has 5 rings (SSSR count). The average Bonchev–Trinajstić information content (AvgIpc) is 3.33. The van der Waals surface area contributed by atoms with Crippen LogP contribution in [0.15, 0.2) is 42.7 Å². The number of nitrogens with zero attached hydrogens (tertiary/aromatic N) is 5. The maximum atomic E-state index is 13.7. The fourth-order valence-corrected chi connectivity index (χ4v) is 5.35. The Balaban J connectivity index is 1.21. The van der Waals surface area contributed by atoms with Crippen molar-refractivity contribution in [3.8, 4) is 5.75 Å². The smallest absolute Gasteiger partial charge is 0.254 e. The van der Waals surface area contributed by atoms with Gasteiger partial charge in [0, 0.05) is 73.2 Å². The van der Waals surface area contributed by atoms with Crippen molar-refractivity contribution in [2.45, 2.75) is 44.9 Å². The largest absolute Gasteiger partial charge is 0.494 e. The molecule has 1 amide bonds. The van der Waals surface area contributed by atoms with Crippen LogP contribution in [0.25, 0.3) is 0 Å². The van der Waals surface area contributed by atoms with Gasteiger partial charge in [-0.05, 0) is 44.0 Å². The summed E-state index contributed by atoms with van der Waals surface area (Å²) in [6, 6.07) is 8.62. The van der Waals surface area contributed by atoms with Crippen molar-refractivity contribution in [3.63, 3.8) is 0 Å². The zero-order valence-corrected chi connectivity index (χ0v) is 21.9. The molecule has 2 aliphatic heterocycles. The van der Waals surface area contributed by atoms with Crippen molar-refractivity contribution in [3.05, 3.63) is 65.4 Å². The van der Waals surface area contributed by atoms with E-state index >= 15 is 0 Å². The first-order valence-electron chi connectivity index (χ1n) is 12.2. The summed E-state index contributed by atoms with van der Waals surface area (Å²) in [5, 5.41) is 3.14. The SMILES string of the molecule is COc1cc(Nc2ncc3c(n2)CN([C@@H]2CCN(C(=O)c4ccnc(NSC)c4)[C@H](C)C2)C3)ccc1F.